The Hall–Kier alpha value is -2.96. The van der Waals surface area contributed by atoms with Gasteiger partial charge in [-0.3, -0.25) is 4.79 Å². The maximum atomic E-state index is 12.9. The number of benzene rings is 1. The van der Waals surface area contributed by atoms with Crippen molar-refractivity contribution in [1.29, 1.82) is 0 Å². The monoisotopic (exact) mass is 374 g/mol. The van der Waals surface area contributed by atoms with Crippen molar-refractivity contribution in [1.82, 2.24) is 4.98 Å². The molecular weight excluding hydrogens is 348 g/mol. The number of H-pyrrole nitrogens is 1. The molecule has 0 aliphatic carbocycles. The average molecular weight is 374 g/mol. The van der Waals surface area contributed by atoms with Crippen LogP contribution >= 0.6 is 0 Å². The molecule has 0 fully saturated rings. The fourth-order valence-electron chi connectivity index (χ4n) is 3.06. The van der Waals surface area contributed by atoms with Gasteiger partial charge in [-0.15, -0.1) is 0 Å². The molecule has 2 rings (SSSR count). The zero-order valence-electron chi connectivity index (χ0n) is 16.8. The van der Waals surface area contributed by atoms with Gasteiger partial charge in [-0.2, -0.15) is 0 Å². The molecule has 27 heavy (non-hydrogen) atoms. The summed E-state index contributed by atoms with van der Waals surface area (Å²) in [5, 5.41) is 3.21. The number of aryl methyl sites for hydroxylation is 2. The van der Waals surface area contributed by atoms with Gasteiger partial charge in [0.15, 0.2) is 11.5 Å². The van der Waals surface area contributed by atoms with Gasteiger partial charge in [0, 0.05) is 17.4 Å². The topological polar surface area (TPSA) is 89.7 Å². The SMILES string of the molecule is COC(=O)c1c(C)[nH]c(C(=O)[C@H](C)Nc2cc(OC)c(OC)cc2C)c1C. The maximum Gasteiger partial charge on any atom is 0.339 e. The summed E-state index contributed by atoms with van der Waals surface area (Å²) >= 11 is 0. The summed E-state index contributed by atoms with van der Waals surface area (Å²) in [7, 11) is 4.45. The molecule has 0 radical (unpaired) electrons. The Labute approximate surface area is 159 Å². The van der Waals surface area contributed by atoms with Gasteiger partial charge in [0.2, 0.25) is 5.78 Å². The van der Waals surface area contributed by atoms with Crippen molar-refractivity contribution in [3.8, 4) is 11.5 Å². The number of nitrogens with one attached hydrogen (secondary N) is 2. The van der Waals surface area contributed by atoms with E-state index in [2.05, 4.69) is 10.3 Å². The van der Waals surface area contributed by atoms with Gasteiger partial charge >= 0.3 is 5.97 Å². The van der Waals surface area contributed by atoms with E-state index in [-0.39, 0.29) is 5.78 Å². The minimum atomic E-state index is -0.524. The van der Waals surface area contributed by atoms with Gasteiger partial charge in [0.1, 0.15) is 0 Å². The summed E-state index contributed by atoms with van der Waals surface area (Å²) in [5.41, 5.74) is 3.67. The van der Waals surface area contributed by atoms with Gasteiger partial charge < -0.3 is 24.5 Å². The molecule has 7 nitrogen and oxygen atoms in total. The number of anilines is 1. The van der Waals surface area contributed by atoms with E-state index in [1.165, 1.54) is 7.11 Å². The smallest absolute Gasteiger partial charge is 0.339 e. The molecular formula is C20H26N2O5. The Morgan fingerprint density at radius 2 is 1.63 bits per heavy atom. The van der Waals surface area contributed by atoms with Gasteiger partial charge in [0.05, 0.1) is 38.6 Å². The summed E-state index contributed by atoms with van der Waals surface area (Å²) in [6, 6.07) is 3.12. The van der Waals surface area contributed by atoms with Crippen LogP contribution in [0.3, 0.4) is 0 Å². The van der Waals surface area contributed by atoms with Crippen molar-refractivity contribution in [2.45, 2.75) is 33.7 Å². The van der Waals surface area contributed by atoms with Gasteiger partial charge in [0.25, 0.3) is 0 Å². The Morgan fingerprint density at radius 1 is 1.04 bits per heavy atom. The number of aromatic amines is 1. The predicted octanol–water partition coefficient (Wildman–Crippen LogP) is 3.43. The quantitative estimate of drug-likeness (QED) is 0.570. The van der Waals surface area contributed by atoms with Gasteiger partial charge in [-0.25, -0.2) is 4.79 Å². The number of hydrogen-bond acceptors (Lipinski definition) is 6. The van der Waals surface area contributed by atoms with E-state index in [4.69, 9.17) is 14.2 Å². The zero-order chi connectivity index (χ0) is 20.3. The standard InChI is InChI=1S/C20H26N2O5/c1-10-8-15(25-5)16(26-6)9-14(10)21-13(4)19(23)18-11(2)17(12(3)22-18)20(24)27-7/h8-9,13,21-22H,1-7H3/t13-/m0/s1. The lowest BCUT2D eigenvalue weighted by molar-refractivity contribution is 0.0599. The van der Waals surface area contributed by atoms with Crippen LogP contribution < -0.4 is 14.8 Å². The minimum Gasteiger partial charge on any atom is -0.493 e. The molecule has 1 aromatic carbocycles. The van der Waals surface area contributed by atoms with E-state index in [9.17, 15) is 9.59 Å². The first-order chi connectivity index (χ1) is 12.7. The summed E-state index contributed by atoms with van der Waals surface area (Å²) in [6.07, 6.45) is 0. The first-order valence-electron chi connectivity index (χ1n) is 8.55. The van der Waals surface area contributed by atoms with Crippen molar-refractivity contribution in [2.24, 2.45) is 0 Å². The van der Waals surface area contributed by atoms with E-state index < -0.39 is 12.0 Å². The highest BCUT2D eigenvalue weighted by atomic mass is 16.5. The first-order valence-corrected chi connectivity index (χ1v) is 8.55. The summed E-state index contributed by atoms with van der Waals surface area (Å²) < 4.78 is 15.4. The molecule has 1 heterocycles. The fourth-order valence-corrected chi connectivity index (χ4v) is 3.06. The Balaban J connectivity index is 2.31. The molecule has 2 aromatic rings. The van der Waals surface area contributed by atoms with Gasteiger partial charge in [-0.1, -0.05) is 0 Å². The molecule has 1 aromatic heterocycles. The normalized spacial score (nSPS) is 11.7. The molecule has 2 N–H and O–H groups in total. The zero-order valence-corrected chi connectivity index (χ0v) is 16.8. The number of carbonyl (C=O) groups excluding carboxylic acids is 2. The largest absolute Gasteiger partial charge is 0.493 e. The number of carbonyl (C=O) groups is 2. The molecule has 0 aliphatic rings. The van der Waals surface area contributed by atoms with Crippen LogP contribution in [-0.2, 0) is 4.74 Å². The van der Waals surface area contributed by atoms with E-state index in [1.54, 1.807) is 41.1 Å². The van der Waals surface area contributed by atoms with Gasteiger partial charge in [-0.05, 0) is 44.9 Å². The van der Waals surface area contributed by atoms with Crippen molar-refractivity contribution < 1.29 is 23.8 Å². The third-order valence-corrected chi connectivity index (χ3v) is 4.57. The highest BCUT2D eigenvalue weighted by molar-refractivity contribution is 6.04. The molecule has 0 amide bonds. The Bertz CT molecular complexity index is 870. The fraction of sp³-hybridized carbons (Fsp3) is 0.400. The number of ether oxygens (including phenoxy) is 3. The van der Waals surface area contributed by atoms with Crippen LogP contribution in [0.4, 0.5) is 5.69 Å². The average Bonchev–Trinajstić information content (AvgIpc) is 2.95. The lowest BCUT2D eigenvalue weighted by atomic mass is 10.0. The van der Waals surface area contributed by atoms with Crippen molar-refractivity contribution in [3.63, 3.8) is 0 Å². The summed E-state index contributed by atoms with van der Waals surface area (Å²) in [4.78, 5) is 27.9. The Morgan fingerprint density at radius 3 is 2.19 bits per heavy atom. The minimum absolute atomic E-state index is 0.153. The van der Waals surface area contributed by atoms with E-state index in [1.807, 2.05) is 13.0 Å². The number of rotatable bonds is 7. The number of hydrogen-bond donors (Lipinski definition) is 2. The lowest BCUT2D eigenvalue weighted by Crippen LogP contribution is -2.27. The van der Waals surface area contributed by atoms with Crippen LogP contribution in [0.1, 0.15) is 44.6 Å². The van der Waals surface area contributed by atoms with Crippen molar-refractivity contribution in [2.75, 3.05) is 26.6 Å². The van der Waals surface area contributed by atoms with Crippen molar-refractivity contribution in [3.05, 3.63) is 40.2 Å². The van der Waals surface area contributed by atoms with Crippen LogP contribution in [0.5, 0.6) is 11.5 Å². The number of methoxy groups -OCH3 is 3. The van der Waals surface area contributed by atoms with Crippen LogP contribution in [0.2, 0.25) is 0 Å². The Kier molecular flexibility index (Phi) is 6.15. The molecule has 0 saturated heterocycles. The molecule has 146 valence electrons. The van der Waals surface area contributed by atoms with Crippen LogP contribution in [0, 0.1) is 20.8 Å². The summed E-state index contributed by atoms with van der Waals surface area (Å²) in [6.45, 7) is 7.16. The highest BCUT2D eigenvalue weighted by Crippen LogP contribution is 2.33. The lowest BCUT2D eigenvalue weighted by Gasteiger charge is -2.18. The van der Waals surface area contributed by atoms with Crippen LogP contribution in [-0.4, -0.2) is 44.1 Å². The number of esters is 1. The number of ketones is 1. The molecule has 0 unspecified atom stereocenters. The van der Waals surface area contributed by atoms with E-state index in [0.717, 1.165) is 11.3 Å². The third-order valence-electron chi connectivity index (χ3n) is 4.57. The first kappa shape index (κ1) is 20.4. The third kappa shape index (κ3) is 3.92. The van der Waals surface area contributed by atoms with E-state index >= 15 is 0 Å². The van der Waals surface area contributed by atoms with E-state index in [0.29, 0.717) is 34.0 Å². The molecule has 1 atom stereocenters. The molecule has 0 bridgehead atoms. The molecule has 0 aliphatic heterocycles. The second kappa shape index (κ2) is 8.16. The maximum absolute atomic E-state index is 12.9. The molecule has 0 saturated carbocycles. The second-order valence-electron chi connectivity index (χ2n) is 6.37. The molecule has 7 heteroatoms. The highest BCUT2D eigenvalue weighted by Gasteiger charge is 2.25. The van der Waals surface area contributed by atoms with Crippen LogP contribution in [0.15, 0.2) is 12.1 Å². The summed E-state index contributed by atoms with van der Waals surface area (Å²) in [5.74, 6) is 0.583. The van der Waals surface area contributed by atoms with Crippen LogP contribution in [0.25, 0.3) is 0 Å². The molecule has 0 spiro atoms. The number of Topliss-reactive ketones (excluding diaryl/α,β-unsaturated/α-hetero) is 1. The van der Waals surface area contributed by atoms with Crippen molar-refractivity contribution >= 4 is 17.4 Å². The second-order valence-corrected chi connectivity index (χ2v) is 6.37. The number of aromatic nitrogens is 1. The predicted molar refractivity (Wildman–Crippen MR) is 103 cm³/mol.